The lowest BCUT2D eigenvalue weighted by molar-refractivity contribution is 0.102. The molecule has 0 aliphatic heterocycles. The highest BCUT2D eigenvalue weighted by molar-refractivity contribution is 4.97. The maximum atomic E-state index is 6.85. The fourth-order valence-corrected chi connectivity index (χ4v) is 4.54. The van der Waals surface area contributed by atoms with E-state index >= 15 is 0 Å². The highest BCUT2D eigenvalue weighted by Gasteiger charge is 2.40. The van der Waals surface area contributed by atoms with Crippen molar-refractivity contribution in [2.45, 2.75) is 84.1 Å². The van der Waals surface area contributed by atoms with E-state index < -0.39 is 0 Å². The summed E-state index contributed by atoms with van der Waals surface area (Å²) < 4.78 is 0. The number of rotatable bonds is 3. The number of hydrogen-bond donors (Lipinski definition) is 1. The van der Waals surface area contributed by atoms with Crippen molar-refractivity contribution >= 4 is 0 Å². The van der Waals surface area contributed by atoms with Gasteiger partial charge in [-0.05, 0) is 55.8 Å². The van der Waals surface area contributed by atoms with Crippen molar-refractivity contribution in [1.82, 2.24) is 0 Å². The Labute approximate surface area is 114 Å². The van der Waals surface area contributed by atoms with E-state index in [2.05, 4.69) is 20.8 Å². The second kappa shape index (κ2) is 5.94. The molecule has 1 nitrogen and oxygen atoms in total. The van der Waals surface area contributed by atoms with E-state index in [4.69, 9.17) is 5.73 Å². The number of nitrogens with two attached hydrogens (primary N) is 1. The van der Waals surface area contributed by atoms with Crippen molar-refractivity contribution in [3.8, 4) is 0 Å². The molecule has 0 aromatic heterocycles. The van der Waals surface area contributed by atoms with Crippen LogP contribution in [0, 0.1) is 23.7 Å². The van der Waals surface area contributed by atoms with Gasteiger partial charge in [-0.2, -0.15) is 0 Å². The molecule has 2 aliphatic rings. The van der Waals surface area contributed by atoms with Crippen molar-refractivity contribution in [2.24, 2.45) is 29.4 Å². The first kappa shape index (κ1) is 14.4. The summed E-state index contributed by atoms with van der Waals surface area (Å²) in [7, 11) is 0. The molecule has 0 heterocycles. The lowest BCUT2D eigenvalue weighted by Crippen LogP contribution is -2.51. The zero-order chi connectivity index (χ0) is 13.2. The summed E-state index contributed by atoms with van der Waals surface area (Å²) in [5, 5.41) is 0. The summed E-state index contributed by atoms with van der Waals surface area (Å²) in [6.45, 7) is 7.12. The maximum absolute atomic E-state index is 6.85. The van der Waals surface area contributed by atoms with Gasteiger partial charge in [0.2, 0.25) is 0 Å². The molecule has 0 amide bonds. The first-order valence-electron chi connectivity index (χ1n) is 8.28. The van der Waals surface area contributed by atoms with Gasteiger partial charge in [0.25, 0.3) is 0 Å². The Balaban J connectivity index is 1.92. The molecule has 0 aromatic rings. The van der Waals surface area contributed by atoms with Gasteiger partial charge >= 0.3 is 0 Å². The third kappa shape index (κ3) is 3.50. The Morgan fingerprint density at radius 3 is 2.39 bits per heavy atom. The first-order valence-corrected chi connectivity index (χ1v) is 8.28. The molecule has 0 spiro atoms. The van der Waals surface area contributed by atoms with E-state index in [0.717, 1.165) is 23.7 Å². The second-order valence-corrected chi connectivity index (χ2v) is 7.78. The maximum Gasteiger partial charge on any atom is 0.0185 e. The smallest absolute Gasteiger partial charge is 0.0185 e. The normalized spacial score (nSPS) is 42.2. The lowest BCUT2D eigenvalue weighted by atomic mass is 9.63. The van der Waals surface area contributed by atoms with Gasteiger partial charge in [-0.1, -0.05) is 46.5 Å². The van der Waals surface area contributed by atoms with E-state index in [9.17, 15) is 0 Å². The molecule has 0 saturated heterocycles. The van der Waals surface area contributed by atoms with Crippen LogP contribution >= 0.6 is 0 Å². The van der Waals surface area contributed by atoms with Gasteiger partial charge in [0.1, 0.15) is 0 Å². The van der Waals surface area contributed by atoms with Crippen molar-refractivity contribution < 1.29 is 0 Å². The molecule has 18 heavy (non-hydrogen) atoms. The van der Waals surface area contributed by atoms with Gasteiger partial charge < -0.3 is 5.73 Å². The van der Waals surface area contributed by atoms with E-state index in [1.807, 2.05) is 0 Å². The van der Waals surface area contributed by atoms with Crippen LogP contribution in [0.3, 0.4) is 0 Å². The second-order valence-electron chi connectivity index (χ2n) is 7.78. The molecule has 0 aromatic carbocycles. The Hall–Kier alpha value is -0.0400. The van der Waals surface area contributed by atoms with Crippen LogP contribution in [0.1, 0.15) is 78.6 Å². The molecule has 2 unspecified atom stereocenters. The SMILES string of the molecule is CC(C)CC1CCCC(N)(C2CCC(C)CC2)C1. The van der Waals surface area contributed by atoms with Crippen LogP contribution < -0.4 is 5.73 Å². The predicted octanol–water partition coefficient (Wildman–Crippen LogP) is 4.75. The standard InChI is InChI=1S/C17H33N/c1-13(2)11-15-5-4-10-17(18,12-15)16-8-6-14(3)7-9-16/h13-16H,4-12,18H2,1-3H3. The summed E-state index contributed by atoms with van der Waals surface area (Å²) in [5.74, 6) is 3.51. The quantitative estimate of drug-likeness (QED) is 0.770. The van der Waals surface area contributed by atoms with Gasteiger partial charge in [-0.3, -0.25) is 0 Å². The molecule has 1 heteroatoms. The van der Waals surface area contributed by atoms with Gasteiger partial charge in [-0.15, -0.1) is 0 Å². The van der Waals surface area contributed by atoms with Crippen molar-refractivity contribution in [1.29, 1.82) is 0 Å². The third-order valence-electron chi connectivity index (χ3n) is 5.56. The van der Waals surface area contributed by atoms with Crippen LogP contribution in [-0.4, -0.2) is 5.54 Å². The molecule has 2 rings (SSSR count). The molecule has 2 N–H and O–H groups in total. The Morgan fingerprint density at radius 1 is 1.11 bits per heavy atom. The molecular formula is C17H33N. The lowest BCUT2D eigenvalue weighted by Gasteiger charge is -2.46. The van der Waals surface area contributed by atoms with Gasteiger partial charge in [0.15, 0.2) is 0 Å². The minimum absolute atomic E-state index is 0.192. The highest BCUT2D eigenvalue weighted by atomic mass is 14.8. The van der Waals surface area contributed by atoms with Crippen LogP contribution in [0.5, 0.6) is 0 Å². The average molecular weight is 251 g/mol. The Bertz CT molecular complexity index is 252. The van der Waals surface area contributed by atoms with E-state index in [1.54, 1.807) is 0 Å². The van der Waals surface area contributed by atoms with Gasteiger partial charge in [-0.25, -0.2) is 0 Å². The molecule has 2 atom stereocenters. The van der Waals surface area contributed by atoms with Crippen LogP contribution in [0.15, 0.2) is 0 Å². The summed E-state index contributed by atoms with van der Waals surface area (Å²) in [6, 6.07) is 0. The van der Waals surface area contributed by atoms with Crippen LogP contribution in [0.25, 0.3) is 0 Å². The van der Waals surface area contributed by atoms with E-state index in [1.165, 1.54) is 57.8 Å². The van der Waals surface area contributed by atoms with Crippen molar-refractivity contribution in [3.63, 3.8) is 0 Å². The minimum atomic E-state index is 0.192. The zero-order valence-corrected chi connectivity index (χ0v) is 12.8. The van der Waals surface area contributed by atoms with Crippen LogP contribution in [0.2, 0.25) is 0 Å². The van der Waals surface area contributed by atoms with E-state index in [0.29, 0.717) is 0 Å². The van der Waals surface area contributed by atoms with Gasteiger partial charge in [0.05, 0.1) is 0 Å². The van der Waals surface area contributed by atoms with E-state index in [-0.39, 0.29) is 5.54 Å². The van der Waals surface area contributed by atoms with Crippen LogP contribution in [0.4, 0.5) is 0 Å². The average Bonchev–Trinajstić information content (AvgIpc) is 2.28. The number of hydrogen-bond acceptors (Lipinski definition) is 1. The topological polar surface area (TPSA) is 26.0 Å². The molecule has 106 valence electrons. The minimum Gasteiger partial charge on any atom is -0.325 e. The third-order valence-corrected chi connectivity index (χ3v) is 5.56. The summed E-state index contributed by atoms with van der Waals surface area (Å²) in [4.78, 5) is 0. The monoisotopic (exact) mass is 251 g/mol. The Morgan fingerprint density at radius 2 is 1.78 bits per heavy atom. The molecule has 0 radical (unpaired) electrons. The molecule has 2 saturated carbocycles. The highest BCUT2D eigenvalue weighted by Crippen LogP contribution is 2.44. The van der Waals surface area contributed by atoms with Crippen LogP contribution in [-0.2, 0) is 0 Å². The molecular weight excluding hydrogens is 218 g/mol. The first-order chi connectivity index (χ1) is 8.49. The molecule has 2 fully saturated rings. The van der Waals surface area contributed by atoms with Gasteiger partial charge in [0, 0.05) is 5.54 Å². The Kier molecular flexibility index (Phi) is 4.75. The molecule has 0 bridgehead atoms. The van der Waals surface area contributed by atoms with Crippen molar-refractivity contribution in [3.05, 3.63) is 0 Å². The molecule has 2 aliphatic carbocycles. The predicted molar refractivity (Wildman–Crippen MR) is 79.5 cm³/mol. The summed E-state index contributed by atoms with van der Waals surface area (Å²) >= 11 is 0. The fourth-order valence-electron chi connectivity index (χ4n) is 4.54. The van der Waals surface area contributed by atoms with Crippen molar-refractivity contribution in [2.75, 3.05) is 0 Å². The summed E-state index contributed by atoms with van der Waals surface area (Å²) in [6.07, 6.45) is 12.4. The summed E-state index contributed by atoms with van der Waals surface area (Å²) in [5.41, 5.74) is 7.04. The fraction of sp³-hybridized carbons (Fsp3) is 1.00. The largest absolute Gasteiger partial charge is 0.325 e. The zero-order valence-electron chi connectivity index (χ0n) is 12.8.